The van der Waals surface area contributed by atoms with Crippen molar-refractivity contribution in [3.05, 3.63) is 94.5 Å². The Morgan fingerprint density at radius 1 is 0.968 bits per heavy atom. The molecule has 1 unspecified atom stereocenters. The summed E-state index contributed by atoms with van der Waals surface area (Å²) in [4.78, 5) is 12.6. The molecule has 1 aromatic heterocycles. The predicted octanol–water partition coefficient (Wildman–Crippen LogP) is 7.25. The summed E-state index contributed by atoms with van der Waals surface area (Å²) in [5.41, 5.74) is 3.78. The van der Waals surface area contributed by atoms with Crippen LogP contribution in [0.3, 0.4) is 0 Å². The van der Waals surface area contributed by atoms with E-state index in [0.717, 1.165) is 16.8 Å². The molecule has 6 heteroatoms. The second-order valence-electron chi connectivity index (χ2n) is 7.27. The first-order valence-electron chi connectivity index (χ1n) is 9.87. The second-order valence-corrected chi connectivity index (χ2v) is 8.08. The molecule has 0 fully saturated rings. The van der Waals surface area contributed by atoms with Gasteiger partial charge < -0.3 is 9.84 Å². The Morgan fingerprint density at radius 2 is 1.68 bits per heavy atom. The zero-order chi connectivity index (χ0) is 21.8. The number of halogens is 2. The molecule has 31 heavy (non-hydrogen) atoms. The SMILES string of the molecule is CC(CNc1cccc(-c2cc(-c3c(Cl)cccc3Cl)on2)c1)C(=O)c1ccccc1. The number of aromatic nitrogens is 1. The first-order valence-corrected chi connectivity index (χ1v) is 10.6. The first kappa shape index (κ1) is 21.2. The highest BCUT2D eigenvalue weighted by atomic mass is 35.5. The predicted molar refractivity (Wildman–Crippen MR) is 126 cm³/mol. The molecular weight excluding hydrogens is 431 g/mol. The first-order chi connectivity index (χ1) is 15.0. The van der Waals surface area contributed by atoms with Crippen LogP contribution in [0.4, 0.5) is 5.69 Å². The minimum atomic E-state index is -0.160. The summed E-state index contributed by atoms with van der Waals surface area (Å²) in [5, 5.41) is 8.52. The molecule has 0 aliphatic carbocycles. The second kappa shape index (κ2) is 9.38. The molecule has 1 heterocycles. The Hall–Kier alpha value is -3.08. The van der Waals surface area contributed by atoms with Gasteiger partial charge in [-0.15, -0.1) is 0 Å². The van der Waals surface area contributed by atoms with Crippen molar-refractivity contribution in [2.45, 2.75) is 6.92 Å². The smallest absolute Gasteiger partial charge is 0.170 e. The fourth-order valence-electron chi connectivity index (χ4n) is 3.30. The van der Waals surface area contributed by atoms with E-state index in [-0.39, 0.29) is 11.7 Å². The van der Waals surface area contributed by atoms with Crippen LogP contribution in [0, 0.1) is 5.92 Å². The molecule has 0 aliphatic rings. The van der Waals surface area contributed by atoms with Crippen LogP contribution in [0.2, 0.25) is 10.0 Å². The molecule has 1 N–H and O–H groups in total. The van der Waals surface area contributed by atoms with Crippen LogP contribution in [0.1, 0.15) is 17.3 Å². The third-order valence-corrected chi connectivity index (χ3v) is 5.63. The standard InChI is InChI=1S/C25H20Cl2N2O2/c1-16(25(30)17-7-3-2-4-8-17)15-28-19-10-5-9-18(13-19)22-14-23(31-29-22)24-20(26)11-6-12-21(24)27/h2-14,16,28H,15H2,1H3. The van der Waals surface area contributed by atoms with Gasteiger partial charge in [-0.1, -0.05) is 83.8 Å². The fourth-order valence-corrected chi connectivity index (χ4v) is 3.89. The van der Waals surface area contributed by atoms with Gasteiger partial charge in [0.15, 0.2) is 11.5 Å². The van der Waals surface area contributed by atoms with E-state index in [2.05, 4.69) is 10.5 Å². The van der Waals surface area contributed by atoms with Crippen LogP contribution >= 0.6 is 23.2 Å². The van der Waals surface area contributed by atoms with Gasteiger partial charge in [-0.25, -0.2) is 0 Å². The lowest BCUT2D eigenvalue weighted by molar-refractivity contribution is 0.0936. The zero-order valence-electron chi connectivity index (χ0n) is 16.8. The van der Waals surface area contributed by atoms with Crippen molar-refractivity contribution in [1.82, 2.24) is 5.16 Å². The lowest BCUT2D eigenvalue weighted by Gasteiger charge is -2.13. The lowest BCUT2D eigenvalue weighted by Crippen LogP contribution is -2.20. The summed E-state index contributed by atoms with van der Waals surface area (Å²) < 4.78 is 5.50. The molecule has 0 saturated carbocycles. The summed E-state index contributed by atoms with van der Waals surface area (Å²) in [5.74, 6) is 0.458. The van der Waals surface area contributed by atoms with Crippen LogP contribution in [-0.2, 0) is 0 Å². The highest BCUT2D eigenvalue weighted by molar-refractivity contribution is 6.39. The molecule has 4 nitrogen and oxygen atoms in total. The largest absolute Gasteiger partial charge is 0.384 e. The molecule has 0 amide bonds. The summed E-state index contributed by atoms with van der Waals surface area (Å²) in [6.45, 7) is 2.44. The third kappa shape index (κ3) is 4.82. The molecular formula is C25H20Cl2N2O2. The van der Waals surface area contributed by atoms with E-state index < -0.39 is 0 Å². The van der Waals surface area contributed by atoms with Crippen LogP contribution in [0.15, 0.2) is 83.4 Å². The van der Waals surface area contributed by atoms with Gasteiger partial charge in [0.2, 0.25) is 0 Å². The van der Waals surface area contributed by atoms with Crippen LogP contribution < -0.4 is 5.32 Å². The monoisotopic (exact) mass is 450 g/mol. The van der Waals surface area contributed by atoms with E-state index in [9.17, 15) is 4.79 Å². The number of nitrogens with one attached hydrogen (secondary N) is 1. The van der Waals surface area contributed by atoms with Gasteiger partial charge in [-0.05, 0) is 24.3 Å². The molecule has 3 aromatic carbocycles. The third-order valence-electron chi connectivity index (χ3n) is 5.00. The Balaban J connectivity index is 1.48. The van der Waals surface area contributed by atoms with Gasteiger partial charge in [0.1, 0.15) is 5.69 Å². The molecule has 0 saturated heterocycles. The maximum Gasteiger partial charge on any atom is 0.170 e. The van der Waals surface area contributed by atoms with Crippen LogP contribution in [0.5, 0.6) is 0 Å². The maximum atomic E-state index is 12.6. The van der Waals surface area contributed by atoms with Crippen molar-refractivity contribution in [3.8, 4) is 22.6 Å². The van der Waals surface area contributed by atoms with Crippen molar-refractivity contribution in [2.75, 3.05) is 11.9 Å². The molecule has 0 bridgehead atoms. The Bertz CT molecular complexity index is 1180. The number of nitrogens with zero attached hydrogens (tertiary/aromatic N) is 1. The summed E-state index contributed by atoms with van der Waals surface area (Å²) in [6, 6.07) is 24.2. The Kier molecular flexibility index (Phi) is 6.40. The number of carbonyl (C=O) groups excluding carboxylic acids is 1. The van der Waals surface area contributed by atoms with E-state index in [1.807, 2.05) is 67.6 Å². The highest BCUT2D eigenvalue weighted by Crippen LogP contribution is 2.36. The van der Waals surface area contributed by atoms with Crippen molar-refractivity contribution < 1.29 is 9.32 Å². The number of Topliss-reactive ketones (excluding diaryl/α,β-unsaturated/α-hetero) is 1. The quantitative estimate of drug-likeness (QED) is 0.301. The Labute approximate surface area is 190 Å². The van der Waals surface area contributed by atoms with E-state index in [4.69, 9.17) is 27.7 Å². The molecule has 156 valence electrons. The van der Waals surface area contributed by atoms with Gasteiger partial charge >= 0.3 is 0 Å². The zero-order valence-corrected chi connectivity index (χ0v) is 18.3. The fraction of sp³-hybridized carbons (Fsp3) is 0.120. The number of rotatable bonds is 7. The van der Waals surface area contributed by atoms with Gasteiger partial charge in [0.25, 0.3) is 0 Å². The van der Waals surface area contributed by atoms with Gasteiger partial charge in [-0.2, -0.15) is 0 Å². The van der Waals surface area contributed by atoms with E-state index in [1.54, 1.807) is 18.2 Å². The number of hydrogen-bond acceptors (Lipinski definition) is 4. The van der Waals surface area contributed by atoms with E-state index in [0.29, 0.717) is 33.6 Å². The maximum absolute atomic E-state index is 12.6. The van der Waals surface area contributed by atoms with Crippen molar-refractivity contribution in [1.29, 1.82) is 0 Å². The molecule has 0 radical (unpaired) electrons. The molecule has 0 aliphatic heterocycles. The topological polar surface area (TPSA) is 55.1 Å². The van der Waals surface area contributed by atoms with Gasteiger partial charge in [0, 0.05) is 35.3 Å². The van der Waals surface area contributed by atoms with Crippen molar-refractivity contribution >= 4 is 34.7 Å². The van der Waals surface area contributed by atoms with Gasteiger partial charge in [0.05, 0.1) is 15.6 Å². The number of carbonyl (C=O) groups is 1. The molecule has 4 rings (SSSR count). The van der Waals surface area contributed by atoms with E-state index in [1.165, 1.54) is 0 Å². The normalized spacial score (nSPS) is 11.8. The lowest BCUT2D eigenvalue weighted by atomic mass is 9.99. The minimum absolute atomic E-state index is 0.113. The number of hydrogen-bond donors (Lipinski definition) is 1. The van der Waals surface area contributed by atoms with Crippen molar-refractivity contribution in [2.24, 2.45) is 5.92 Å². The van der Waals surface area contributed by atoms with E-state index >= 15 is 0 Å². The van der Waals surface area contributed by atoms with Crippen LogP contribution in [-0.4, -0.2) is 17.5 Å². The summed E-state index contributed by atoms with van der Waals surface area (Å²) in [6.07, 6.45) is 0. The molecule has 0 spiro atoms. The highest BCUT2D eigenvalue weighted by Gasteiger charge is 2.16. The number of anilines is 1. The average molecular weight is 451 g/mol. The minimum Gasteiger partial charge on any atom is -0.384 e. The Morgan fingerprint density at radius 3 is 2.42 bits per heavy atom. The molecule has 4 aromatic rings. The number of benzene rings is 3. The van der Waals surface area contributed by atoms with Crippen LogP contribution in [0.25, 0.3) is 22.6 Å². The van der Waals surface area contributed by atoms with Crippen molar-refractivity contribution in [3.63, 3.8) is 0 Å². The average Bonchev–Trinajstić information content (AvgIpc) is 3.27. The summed E-state index contributed by atoms with van der Waals surface area (Å²) in [7, 11) is 0. The number of ketones is 1. The summed E-state index contributed by atoms with van der Waals surface area (Å²) >= 11 is 12.6. The molecule has 1 atom stereocenters. The van der Waals surface area contributed by atoms with Gasteiger partial charge in [-0.3, -0.25) is 4.79 Å².